The van der Waals surface area contributed by atoms with Crippen molar-refractivity contribution < 1.29 is 9.53 Å². The lowest BCUT2D eigenvalue weighted by Crippen LogP contribution is -2.26. The summed E-state index contributed by atoms with van der Waals surface area (Å²) in [5.74, 6) is 0.655. The minimum Gasteiger partial charge on any atom is -0.497 e. The molecule has 5 nitrogen and oxygen atoms in total. The molecule has 0 radical (unpaired) electrons. The zero-order valence-corrected chi connectivity index (χ0v) is 10.2. The van der Waals surface area contributed by atoms with Gasteiger partial charge in [0.2, 0.25) is 0 Å². The van der Waals surface area contributed by atoms with E-state index in [1.54, 1.807) is 43.9 Å². The molecule has 5 heteroatoms. The molecule has 0 bridgehead atoms. The monoisotopic (exact) mass is 245 g/mol. The summed E-state index contributed by atoms with van der Waals surface area (Å²) in [6, 6.07) is 7.02. The van der Waals surface area contributed by atoms with Crippen LogP contribution in [0.15, 0.2) is 43.0 Å². The first-order valence-electron chi connectivity index (χ1n) is 5.67. The van der Waals surface area contributed by atoms with Gasteiger partial charge in [-0.15, -0.1) is 0 Å². The number of imidazole rings is 1. The Morgan fingerprint density at radius 2 is 2.17 bits per heavy atom. The van der Waals surface area contributed by atoms with E-state index in [1.165, 1.54) is 0 Å². The molecule has 1 heterocycles. The van der Waals surface area contributed by atoms with Crippen LogP contribution in [0, 0.1) is 0 Å². The van der Waals surface area contributed by atoms with Crippen LogP contribution in [0.2, 0.25) is 0 Å². The number of rotatable bonds is 5. The van der Waals surface area contributed by atoms with Gasteiger partial charge in [0.05, 0.1) is 13.4 Å². The summed E-state index contributed by atoms with van der Waals surface area (Å²) in [4.78, 5) is 15.7. The average molecular weight is 245 g/mol. The summed E-state index contributed by atoms with van der Waals surface area (Å²) in [7, 11) is 1.60. The molecule has 1 aromatic heterocycles. The minimum atomic E-state index is -0.0854. The molecule has 1 amide bonds. The summed E-state index contributed by atoms with van der Waals surface area (Å²) in [5, 5.41) is 2.85. The van der Waals surface area contributed by atoms with Gasteiger partial charge in [0.25, 0.3) is 5.91 Å². The molecule has 0 atom stereocenters. The van der Waals surface area contributed by atoms with Crippen molar-refractivity contribution in [3.05, 3.63) is 48.5 Å². The molecule has 2 rings (SSSR count). The molecule has 0 aliphatic carbocycles. The lowest BCUT2D eigenvalue weighted by atomic mass is 10.2. The number of methoxy groups -OCH3 is 1. The minimum absolute atomic E-state index is 0.0854. The van der Waals surface area contributed by atoms with Crippen LogP contribution in [0.1, 0.15) is 10.4 Å². The SMILES string of the molecule is COc1ccc(C(=O)NCCn2ccnc2)cc1. The van der Waals surface area contributed by atoms with E-state index in [-0.39, 0.29) is 5.91 Å². The second-order valence-electron chi connectivity index (χ2n) is 3.78. The van der Waals surface area contributed by atoms with Crippen LogP contribution < -0.4 is 10.1 Å². The zero-order chi connectivity index (χ0) is 12.8. The molecule has 18 heavy (non-hydrogen) atoms. The molecule has 1 aromatic carbocycles. The van der Waals surface area contributed by atoms with Crippen LogP contribution in [0.3, 0.4) is 0 Å². The number of nitrogens with one attached hydrogen (secondary N) is 1. The normalized spacial score (nSPS) is 10.1. The predicted molar refractivity (Wildman–Crippen MR) is 67.6 cm³/mol. The standard InChI is InChI=1S/C13H15N3O2/c1-18-12-4-2-11(3-5-12)13(17)15-7-9-16-8-6-14-10-16/h2-6,8,10H,7,9H2,1H3,(H,15,17). The first kappa shape index (κ1) is 12.2. The molecule has 0 saturated heterocycles. The van der Waals surface area contributed by atoms with Gasteiger partial charge >= 0.3 is 0 Å². The number of hydrogen-bond donors (Lipinski definition) is 1. The topological polar surface area (TPSA) is 56.1 Å². The number of hydrogen-bond acceptors (Lipinski definition) is 3. The second kappa shape index (κ2) is 5.86. The Balaban J connectivity index is 1.83. The van der Waals surface area contributed by atoms with Crippen LogP contribution >= 0.6 is 0 Å². The Kier molecular flexibility index (Phi) is 3.96. The Bertz CT molecular complexity index is 491. The van der Waals surface area contributed by atoms with E-state index in [0.717, 1.165) is 5.75 Å². The molecular formula is C13H15N3O2. The van der Waals surface area contributed by atoms with Crippen molar-refractivity contribution in [2.75, 3.05) is 13.7 Å². The summed E-state index contributed by atoms with van der Waals surface area (Å²) in [6.07, 6.45) is 5.30. The van der Waals surface area contributed by atoms with Crippen molar-refractivity contribution in [2.24, 2.45) is 0 Å². The number of amides is 1. The molecular weight excluding hydrogens is 230 g/mol. The third-order valence-electron chi connectivity index (χ3n) is 2.57. The third-order valence-corrected chi connectivity index (χ3v) is 2.57. The van der Waals surface area contributed by atoms with Crippen LogP contribution in [-0.4, -0.2) is 29.1 Å². The van der Waals surface area contributed by atoms with Crippen molar-refractivity contribution in [3.63, 3.8) is 0 Å². The number of benzene rings is 1. The maximum atomic E-state index is 11.8. The molecule has 0 aliphatic heterocycles. The second-order valence-corrected chi connectivity index (χ2v) is 3.78. The summed E-state index contributed by atoms with van der Waals surface area (Å²) < 4.78 is 6.95. The molecule has 94 valence electrons. The Hall–Kier alpha value is -2.30. The smallest absolute Gasteiger partial charge is 0.251 e. The number of carbonyl (C=O) groups excluding carboxylic acids is 1. The van der Waals surface area contributed by atoms with Crippen molar-refractivity contribution in [1.29, 1.82) is 0 Å². The highest BCUT2D eigenvalue weighted by Gasteiger charge is 2.04. The van der Waals surface area contributed by atoms with E-state index in [0.29, 0.717) is 18.7 Å². The Morgan fingerprint density at radius 3 is 2.78 bits per heavy atom. The van der Waals surface area contributed by atoms with Gasteiger partial charge in [-0.3, -0.25) is 4.79 Å². The third kappa shape index (κ3) is 3.10. The highest BCUT2D eigenvalue weighted by Crippen LogP contribution is 2.10. The Labute approximate surface area is 105 Å². The summed E-state index contributed by atoms with van der Waals surface area (Å²) in [5.41, 5.74) is 0.626. The van der Waals surface area contributed by atoms with Gasteiger partial charge in [0.1, 0.15) is 5.75 Å². The number of aromatic nitrogens is 2. The highest BCUT2D eigenvalue weighted by atomic mass is 16.5. The van der Waals surface area contributed by atoms with Gasteiger partial charge in [-0.2, -0.15) is 0 Å². The van der Waals surface area contributed by atoms with Crippen molar-refractivity contribution in [2.45, 2.75) is 6.54 Å². The number of carbonyl (C=O) groups is 1. The van der Waals surface area contributed by atoms with Gasteiger partial charge in [0.15, 0.2) is 0 Å². The highest BCUT2D eigenvalue weighted by molar-refractivity contribution is 5.94. The van der Waals surface area contributed by atoms with Gasteiger partial charge in [-0.05, 0) is 24.3 Å². The fourth-order valence-electron chi connectivity index (χ4n) is 1.56. The molecule has 0 spiro atoms. The maximum absolute atomic E-state index is 11.8. The molecule has 0 saturated carbocycles. The van der Waals surface area contributed by atoms with Gasteiger partial charge in [-0.25, -0.2) is 4.98 Å². The van der Waals surface area contributed by atoms with E-state index in [2.05, 4.69) is 10.3 Å². The fraction of sp³-hybridized carbons (Fsp3) is 0.231. The largest absolute Gasteiger partial charge is 0.497 e. The fourth-order valence-corrected chi connectivity index (χ4v) is 1.56. The van der Waals surface area contributed by atoms with Gasteiger partial charge in [-0.1, -0.05) is 0 Å². The number of nitrogens with zero attached hydrogens (tertiary/aromatic N) is 2. The first-order valence-corrected chi connectivity index (χ1v) is 5.67. The summed E-state index contributed by atoms with van der Waals surface area (Å²) in [6.45, 7) is 1.28. The maximum Gasteiger partial charge on any atom is 0.251 e. The lowest BCUT2D eigenvalue weighted by molar-refractivity contribution is 0.0952. The van der Waals surface area contributed by atoms with E-state index in [1.807, 2.05) is 10.8 Å². The summed E-state index contributed by atoms with van der Waals surface area (Å²) >= 11 is 0. The van der Waals surface area contributed by atoms with Crippen molar-refractivity contribution in [3.8, 4) is 5.75 Å². The molecule has 0 fully saturated rings. The van der Waals surface area contributed by atoms with Crippen LogP contribution in [0.4, 0.5) is 0 Å². The van der Waals surface area contributed by atoms with Crippen molar-refractivity contribution >= 4 is 5.91 Å². The lowest BCUT2D eigenvalue weighted by Gasteiger charge is -2.06. The first-order chi connectivity index (χ1) is 8.79. The quantitative estimate of drug-likeness (QED) is 0.864. The average Bonchev–Trinajstić information content (AvgIpc) is 2.92. The van der Waals surface area contributed by atoms with Crippen LogP contribution in [-0.2, 0) is 6.54 Å². The molecule has 0 aliphatic rings. The van der Waals surface area contributed by atoms with E-state index >= 15 is 0 Å². The van der Waals surface area contributed by atoms with E-state index in [4.69, 9.17) is 4.74 Å². The molecule has 0 unspecified atom stereocenters. The van der Waals surface area contributed by atoms with Crippen LogP contribution in [0.5, 0.6) is 5.75 Å². The predicted octanol–water partition coefficient (Wildman–Crippen LogP) is 1.32. The van der Waals surface area contributed by atoms with E-state index in [9.17, 15) is 4.79 Å². The van der Waals surface area contributed by atoms with Gasteiger partial charge < -0.3 is 14.6 Å². The molecule has 2 aromatic rings. The van der Waals surface area contributed by atoms with Crippen molar-refractivity contribution in [1.82, 2.24) is 14.9 Å². The molecule has 1 N–H and O–H groups in total. The van der Waals surface area contributed by atoms with E-state index < -0.39 is 0 Å². The Morgan fingerprint density at radius 1 is 1.39 bits per heavy atom. The van der Waals surface area contributed by atoms with Gasteiger partial charge in [0, 0.05) is 31.0 Å². The van der Waals surface area contributed by atoms with Crippen LogP contribution in [0.25, 0.3) is 0 Å². The zero-order valence-electron chi connectivity index (χ0n) is 10.2. The number of ether oxygens (including phenoxy) is 1.